The summed E-state index contributed by atoms with van der Waals surface area (Å²) in [7, 11) is 0. The van der Waals surface area contributed by atoms with Crippen molar-refractivity contribution in [1.29, 1.82) is 0 Å². The van der Waals surface area contributed by atoms with Gasteiger partial charge in [0.15, 0.2) is 0 Å². The quantitative estimate of drug-likeness (QED) is 0.0355. The molecule has 0 heterocycles. The van der Waals surface area contributed by atoms with E-state index in [2.05, 4.69) is 298 Å². The van der Waals surface area contributed by atoms with Gasteiger partial charge in [0.1, 0.15) is 0 Å². The zero-order chi connectivity index (χ0) is 89.9. The molecule has 6 aromatic rings. The summed E-state index contributed by atoms with van der Waals surface area (Å²) >= 11 is 0. The van der Waals surface area contributed by atoms with Crippen LogP contribution in [-0.2, 0) is 68.1 Å². The molecule has 122 heavy (non-hydrogen) atoms. The van der Waals surface area contributed by atoms with Crippen molar-refractivity contribution in [3.63, 3.8) is 0 Å². The highest BCUT2D eigenvalue weighted by Gasteiger charge is 2.14. The summed E-state index contributed by atoms with van der Waals surface area (Å²) in [5.74, 6) is 5.42. The number of hydrogen-bond acceptors (Lipinski definition) is 6. The molecule has 6 rings (SSSR count). The molecular formula is C116H196O6. The molecule has 0 N–H and O–H groups in total. The highest BCUT2D eigenvalue weighted by molar-refractivity contribution is 5.29. The van der Waals surface area contributed by atoms with E-state index in [0.29, 0.717) is 47.7 Å². The minimum atomic E-state index is 0.376. The summed E-state index contributed by atoms with van der Waals surface area (Å²) in [6.07, 6.45) is 49.7. The fourth-order valence-electron chi connectivity index (χ4n) is 14.7. The molecule has 6 aromatic carbocycles. The third kappa shape index (κ3) is 58.4. The van der Waals surface area contributed by atoms with Crippen LogP contribution in [0.2, 0.25) is 0 Å². The van der Waals surface area contributed by atoms with Crippen LogP contribution < -0.4 is 0 Å². The van der Waals surface area contributed by atoms with Gasteiger partial charge in [-0.1, -0.05) is 445 Å². The van der Waals surface area contributed by atoms with Crippen molar-refractivity contribution >= 4 is 0 Å². The van der Waals surface area contributed by atoms with Gasteiger partial charge in [0.25, 0.3) is 0 Å². The second-order valence-electron chi connectivity index (χ2n) is 36.4. The molecule has 0 aliphatic carbocycles. The van der Waals surface area contributed by atoms with Crippen molar-refractivity contribution in [2.75, 3.05) is 26.4 Å². The fourth-order valence-corrected chi connectivity index (χ4v) is 14.7. The Morgan fingerprint density at radius 3 is 0.713 bits per heavy atom. The Kier molecular flexibility index (Phi) is 75.0. The van der Waals surface area contributed by atoms with Crippen molar-refractivity contribution in [3.05, 3.63) is 212 Å². The Hall–Kier alpha value is -4.92. The molecule has 9 atom stereocenters. The van der Waals surface area contributed by atoms with Gasteiger partial charge >= 0.3 is 0 Å². The van der Waals surface area contributed by atoms with Gasteiger partial charge in [-0.3, -0.25) is 0 Å². The first-order valence-corrected chi connectivity index (χ1v) is 51.4. The first kappa shape index (κ1) is 115. The Morgan fingerprint density at radius 1 is 0.197 bits per heavy atom. The fraction of sp³-hybridized carbons (Fsp3) is 0.690. The number of ether oxygens (including phenoxy) is 6. The van der Waals surface area contributed by atoms with Gasteiger partial charge < -0.3 is 28.4 Å². The largest absolute Gasteiger partial charge is 0.377 e. The third-order valence-corrected chi connectivity index (χ3v) is 25.6. The molecule has 696 valence electrons. The highest BCUT2D eigenvalue weighted by atomic mass is 16.5. The monoisotopic (exact) mass is 1690 g/mol. The summed E-state index contributed by atoms with van der Waals surface area (Å²) in [6.45, 7) is 57.8. The lowest BCUT2D eigenvalue weighted by molar-refractivity contribution is 0.0312. The maximum Gasteiger partial charge on any atom is 0.0720 e. The van der Waals surface area contributed by atoms with Crippen LogP contribution in [0.15, 0.2) is 146 Å². The lowest BCUT2D eigenvalue weighted by Gasteiger charge is -2.17. The van der Waals surface area contributed by atoms with E-state index >= 15 is 0 Å². The molecule has 6 heteroatoms. The van der Waals surface area contributed by atoms with Gasteiger partial charge in [-0.25, -0.2) is 0 Å². The first-order chi connectivity index (χ1) is 59.3. The van der Waals surface area contributed by atoms with Gasteiger partial charge in [-0.15, -0.1) is 0 Å². The Bertz CT molecular complexity index is 3150. The number of hydrogen-bond donors (Lipinski definition) is 0. The minimum absolute atomic E-state index is 0.376. The topological polar surface area (TPSA) is 55.4 Å². The number of rotatable bonds is 64. The molecule has 0 fully saturated rings. The van der Waals surface area contributed by atoms with Crippen molar-refractivity contribution in [2.24, 2.45) is 11.8 Å². The molecule has 0 bridgehead atoms. The van der Waals surface area contributed by atoms with Crippen LogP contribution in [0.4, 0.5) is 0 Å². The Balaban J connectivity index is 0.000000732. The molecule has 9 unspecified atom stereocenters. The maximum absolute atomic E-state index is 6.01. The second-order valence-corrected chi connectivity index (χ2v) is 36.4. The van der Waals surface area contributed by atoms with E-state index in [1.54, 1.807) is 0 Å². The standard InChI is InChI=1S/C21H36O.C20H34O.3C19H32O.C18H30O/c1-5-8-10-19(11-9-6-2)16-22-17-20-12-14-21(15-13-20)18(4)7-3;1-4-6-7-8-9-10-11-16-21-17-19-12-14-20(15-13-19)18(3)5-2;1-5-7-8-9-10-17(4)20-15-18-11-13-19(14-12-18)16(3)6-2;1-5-8-9-17(7-3)14-20-15-18-10-12-19(13-11-18)16(4)6-2;1-4-6-7-8-9-10-15-20-16-18-11-13-19(14-12-18)17(3)5-2;1-5-8-9-18(7-3)19-14-16-10-12-17(13-11-16)15(4)6-2/h12-15,18-19H,5-11,16-17H2,1-4H3;12-15,18H,4-11,16-17H2,1-3H3;11-14,16-17H,5-10,15H2,1-4H3;10-13,16-17H,5-9,14-15H2,1-4H3;11-14,17H,4-10,15-16H2,1-3H3;10-13,15,18H,5-9,14H2,1-4H3. The van der Waals surface area contributed by atoms with Gasteiger partial charge in [-0.05, 0) is 211 Å². The van der Waals surface area contributed by atoms with Crippen molar-refractivity contribution in [1.82, 2.24) is 0 Å². The van der Waals surface area contributed by atoms with E-state index in [0.717, 1.165) is 84.3 Å². The van der Waals surface area contributed by atoms with Crippen molar-refractivity contribution in [2.45, 2.75) is 484 Å². The van der Waals surface area contributed by atoms with Crippen LogP contribution in [-0.4, -0.2) is 38.6 Å². The number of benzene rings is 6. The Morgan fingerprint density at radius 2 is 0.434 bits per heavy atom. The summed E-state index contributed by atoms with van der Waals surface area (Å²) in [4.78, 5) is 0. The van der Waals surface area contributed by atoms with E-state index in [-0.39, 0.29) is 0 Å². The first-order valence-electron chi connectivity index (χ1n) is 51.4. The maximum atomic E-state index is 6.01. The third-order valence-electron chi connectivity index (χ3n) is 25.6. The van der Waals surface area contributed by atoms with Gasteiger partial charge in [0, 0.05) is 26.4 Å². The zero-order valence-corrected chi connectivity index (χ0v) is 84.0. The average molecular weight is 1690 g/mol. The van der Waals surface area contributed by atoms with Crippen LogP contribution in [0, 0.1) is 11.8 Å². The van der Waals surface area contributed by atoms with Gasteiger partial charge in [0.2, 0.25) is 0 Å². The summed E-state index contributed by atoms with van der Waals surface area (Å²) in [5.41, 5.74) is 16.4. The lowest BCUT2D eigenvalue weighted by Crippen LogP contribution is -2.11. The molecule has 0 aromatic heterocycles. The summed E-state index contributed by atoms with van der Waals surface area (Å²) in [6, 6.07) is 53.6. The van der Waals surface area contributed by atoms with E-state index in [1.165, 1.54) is 304 Å². The Labute approximate surface area is 758 Å². The van der Waals surface area contributed by atoms with Crippen molar-refractivity contribution < 1.29 is 28.4 Å². The van der Waals surface area contributed by atoms with Crippen LogP contribution in [0.1, 0.15) is 499 Å². The van der Waals surface area contributed by atoms with E-state index in [4.69, 9.17) is 28.4 Å². The van der Waals surface area contributed by atoms with E-state index < -0.39 is 0 Å². The minimum Gasteiger partial charge on any atom is -0.377 e. The second kappa shape index (κ2) is 79.5. The van der Waals surface area contributed by atoms with Gasteiger partial charge in [0.05, 0.1) is 51.8 Å². The van der Waals surface area contributed by atoms with Crippen LogP contribution in [0.25, 0.3) is 0 Å². The molecular weight excluding hydrogens is 1490 g/mol. The summed E-state index contributed by atoms with van der Waals surface area (Å²) in [5, 5.41) is 0. The van der Waals surface area contributed by atoms with Crippen LogP contribution in [0.5, 0.6) is 0 Å². The molecule has 0 spiro atoms. The molecule has 0 amide bonds. The normalized spacial score (nSPS) is 13.4. The van der Waals surface area contributed by atoms with E-state index in [1.807, 2.05) is 0 Å². The van der Waals surface area contributed by atoms with Crippen molar-refractivity contribution in [3.8, 4) is 0 Å². The smallest absolute Gasteiger partial charge is 0.0720 e. The molecule has 0 aliphatic heterocycles. The SMILES string of the molecule is CCCCC(CC)COCc1ccc(C(C)CC)cc1.CCCCC(CC)OCc1ccc(C(C)CC)cc1.CCCCC(CCCC)COCc1ccc(C(C)CC)cc1.CCCCCCC(C)OCc1ccc(C(C)CC)cc1.CCCCCCCCCOCc1ccc(C(C)CC)cc1.CCCCCCCCOCc1ccc(C(C)CC)cc1. The van der Waals surface area contributed by atoms with Crippen LogP contribution >= 0.6 is 0 Å². The molecule has 0 aliphatic rings. The van der Waals surface area contributed by atoms with E-state index in [9.17, 15) is 0 Å². The zero-order valence-electron chi connectivity index (χ0n) is 84.0. The van der Waals surface area contributed by atoms with Crippen LogP contribution in [0.3, 0.4) is 0 Å². The summed E-state index contributed by atoms with van der Waals surface area (Å²) < 4.78 is 35.4. The highest BCUT2D eigenvalue weighted by Crippen LogP contribution is 2.27. The number of unbranched alkanes of at least 4 members (excludes halogenated alkanes) is 18. The molecule has 0 radical (unpaired) electrons. The predicted molar refractivity (Wildman–Crippen MR) is 538 cm³/mol. The molecule has 0 saturated carbocycles. The predicted octanol–water partition coefficient (Wildman–Crippen LogP) is 37.0. The lowest BCUT2D eigenvalue weighted by atomic mass is 9.97. The average Bonchev–Trinajstić information content (AvgIpc) is 0.916. The molecule has 0 saturated heterocycles. The molecule has 6 nitrogen and oxygen atoms in total. The van der Waals surface area contributed by atoms with Gasteiger partial charge in [-0.2, -0.15) is 0 Å².